The number of rotatable bonds is 7. The van der Waals surface area contributed by atoms with Crippen LogP contribution in [0.1, 0.15) is 118 Å². The fourth-order valence-corrected chi connectivity index (χ4v) is 9.70. The average Bonchev–Trinajstić information content (AvgIpc) is 3.21. The summed E-state index contributed by atoms with van der Waals surface area (Å²) in [5.74, 6) is -7.31. The van der Waals surface area contributed by atoms with Crippen molar-refractivity contribution in [2.75, 3.05) is 20.3 Å². The number of carbonyl (C=O) groups excluding carboxylic acids is 4. The second-order valence-electron chi connectivity index (χ2n) is 17.7. The van der Waals surface area contributed by atoms with Gasteiger partial charge in [-0.2, -0.15) is 0 Å². The Labute approximate surface area is 351 Å². The quantitative estimate of drug-likeness (QED) is 0.0974. The fourth-order valence-electron chi connectivity index (χ4n) is 9.70. The summed E-state index contributed by atoms with van der Waals surface area (Å²) in [6.07, 6.45) is 10.3. The van der Waals surface area contributed by atoms with Crippen LogP contribution in [0, 0.1) is 59.7 Å². The highest BCUT2D eigenvalue weighted by atomic mass is 16.6. The summed E-state index contributed by atoms with van der Waals surface area (Å²) in [6, 6.07) is 0. The second-order valence-corrected chi connectivity index (χ2v) is 17.7. The molecule has 0 aromatic rings. The molecule has 332 valence electrons. The number of allylic oxidation sites excluding steroid dienone is 4. The highest BCUT2D eigenvalue weighted by molar-refractivity contribution is 6.40. The highest BCUT2D eigenvalue weighted by Crippen LogP contribution is 2.40. The topological polar surface area (TPSA) is 197 Å². The molecular formula is C47H72O12. The van der Waals surface area contributed by atoms with Gasteiger partial charge in [-0.15, -0.1) is 18.9 Å². The molecule has 0 spiro atoms. The highest BCUT2D eigenvalue weighted by Gasteiger charge is 2.53. The average molecular weight is 829 g/mol. The van der Waals surface area contributed by atoms with Crippen LogP contribution in [0.2, 0.25) is 0 Å². The van der Waals surface area contributed by atoms with Crippen LogP contribution in [0.4, 0.5) is 0 Å². The first-order valence-electron chi connectivity index (χ1n) is 21.6. The van der Waals surface area contributed by atoms with Gasteiger partial charge in [0.25, 0.3) is 5.78 Å². The monoisotopic (exact) mass is 829 g/mol. The number of ether oxygens (including phenoxy) is 3. The summed E-state index contributed by atoms with van der Waals surface area (Å²) in [6.45, 7) is 12.5. The molecule has 12 nitrogen and oxygen atoms in total. The molecule has 4 aliphatic rings. The van der Waals surface area contributed by atoms with Crippen LogP contribution in [0.25, 0.3) is 0 Å². The lowest BCUT2D eigenvalue weighted by molar-refractivity contribution is -0.273. The predicted octanol–water partition coefficient (Wildman–Crippen LogP) is 5.21. The summed E-state index contributed by atoms with van der Waals surface area (Å²) < 4.78 is 18.2. The van der Waals surface area contributed by atoms with Crippen molar-refractivity contribution in [2.45, 2.75) is 154 Å². The third kappa shape index (κ3) is 13.5. The summed E-state index contributed by atoms with van der Waals surface area (Å²) in [5, 5.41) is 53.9. The van der Waals surface area contributed by atoms with Crippen molar-refractivity contribution >= 4 is 23.3 Å². The first kappa shape index (κ1) is 50.3. The Balaban J connectivity index is 0.00000300. The van der Waals surface area contributed by atoms with E-state index in [1.807, 2.05) is 26.0 Å². The Bertz CT molecular complexity index is 1530. The Hall–Kier alpha value is -3.02. The molecule has 2 bridgehead atoms. The lowest BCUT2D eigenvalue weighted by atomic mass is 9.74. The van der Waals surface area contributed by atoms with Crippen molar-refractivity contribution in [3.05, 3.63) is 36.0 Å². The smallest absolute Gasteiger partial charge is 0.310 e. The maximum Gasteiger partial charge on any atom is 0.310 e. The molecule has 2 aliphatic carbocycles. The van der Waals surface area contributed by atoms with Crippen molar-refractivity contribution < 1.29 is 58.9 Å². The normalized spacial score (nSPS) is 39.5. The number of fused-ring (bicyclic) bond motifs is 3. The summed E-state index contributed by atoms with van der Waals surface area (Å²) in [5.41, 5.74) is 1.58. The van der Waals surface area contributed by atoms with Gasteiger partial charge in [0.1, 0.15) is 11.9 Å². The molecule has 2 aliphatic heterocycles. The zero-order valence-electron chi connectivity index (χ0n) is 36.2. The molecule has 12 heteroatoms. The van der Waals surface area contributed by atoms with E-state index in [1.54, 1.807) is 26.8 Å². The molecule has 0 amide bonds. The molecule has 3 fully saturated rings. The number of esters is 1. The number of aliphatic hydroxyl groups excluding tert-OH is 4. The number of hydrogen-bond donors (Lipinski definition) is 5. The van der Waals surface area contributed by atoms with Crippen molar-refractivity contribution in [1.29, 1.82) is 0 Å². The van der Waals surface area contributed by atoms with Crippen molar-refractivity contribution in [1.82, 2.24) is 0 Å². The van der Waals surface area contributed by atoms with E-state index in [-0.39, 0.29) is 68.9 Å². The Kier molecular flexibility index (Phi) is 20.3. The molecule has 2 heterocycles. The minimum atomic E-state index is -2.47. The lowest BCUT2D eigenvalue weighted by Crippen LogP contribution is -2.58. The van der Waals surface area contributed by atoms with Crippen LogP contribution < -0.4 is 0 Å². The molecule has 0 aromatic carbocycles. The van der Waals surface area contributed by atoms with Gasteiger partial charge in [-0.3, -0.25) is 19.2 Å². The fraction of sp³-hybridized carbons (Fsp3) is 0.745. The lowest BCUT2D eigenvalue weighted by Gasteiger charge is -2.43. The van der Waals surface area contributed by atoms with Crippen LogP contribution in [0.3, 0.4) is 0 Å². The van der Waals surface area contributed by atoms with Crippen molar-refractivity contribution in [3.63, 3.8) is 0 Å². The maximum atomic E-state index is 14.3. The number of Topliss-reactive ketones (excluding diaryl/α,β-unsaturated/α-hetero) is 3. The molecule has 2 saturated carbocycles. The van der Waals surface area contributed by atoms with Crippen LogP contribution in [-0.2, 0) is 33.4 Å². The van der Waals surface area contributed by atoms with E-state index in [0.717, 1.165) is 5.57 Å². The van der Waals surface area contributed by atoms with Gasteiger partial charge < -0.3 is 39.7 Å². The second kappa shape index (κ2) is 23.8. The first-order valence-corrected chi connectivity index (χ1v) is 21.6. The van der Waals surface area contributed by atoms with Gasteiger partial charge in [-0.05, 0) is 96.0 Å². The number of aliphatic hydroxyl groups is 5. The van der Waals surface area contributed by atoms with Gasteiger partial charge in [0.05, 0.1) is 30.3 Å². The van der Waals surface area contributed by atoms with Gasteiger partial charge in [0.15, 0.2) is 0 Å². The largest absolute Gasteiger partial charge is 0.457 e. The van der Waals surface area contributed by atoms with Gasteiger partial charge >= 0.3 is 5.97 Å². The number of hydrogen-bond acceptors (Lipinski definition) is 12. The van der Waals surface area contributed by atoms with E-state index in [4.69, 9.17) is 14.2 Å². The van der Waals surface area contributed by atoms with Crippen molar-refractivity contribution in [2.24, 2.45) is 47.3 Å². The molecular weight excluding hydrogens is 757 g/mol. The number of carbonyl (C=O) groups is 4. The van der Waals surface area contributed by atoms with Crippen LogP contribution in [-0.4, -0.2) is 105 Å². The van der Waals surface area contributed by atoms with E-state index in [9.17, 15) is 44.7 Å². The third-order valence-corrected chi connectivity index (χ3v) is 13.1. The predicted molar refractivity (Wildman–Crippen MR) is 223 cm³/mol. The summed E-state index contributed by atoms with van der Waals surface area (Å²) in [4.78, 5) is 56.3. The molecule has 3 unspecified atom stereocenters. The number of terminal acetylenes is 1. The standard InChI is InChI=1S/C44H68O12.C3H4/c1-7-10-30-18-25(2)17-26(3)19-38(54-6)41-31(23-45)15-16-44(53,56-41)42(51)39(50)33-11-8-9-12-34(33)43(52)55-40(28(5)36(48)22-37(30)49)27(4)20-29-13-14-35(47)32(21-29)24-46;1-3-2/h7,18,20,26,28-36,38,40-41,45-48,53H,1,8-17,19,21-24H2,2-6H3;1H,2H3/b25-18+,27-20+;/t26-,28+,29-,30?,31+,32-,33?,34?,35+,36-,38-,40+,41-,44+;/m0./s1. The molecule has 1 saturated heterocycles. The maximum absolute atomic E-state index is 14.3. The van der Waals surface area contributed by atoms with Gasteiger partial charge in [-0.1, -0.05) is 50.5 Å². The minimum absolute atomic E-state index is 0.00698. The van der Waals surface area contributed by atoms with E-state index in [2.05, 4.69) is 18.9 Å². The number of methoxy groups -OCH3 is 1. The van der Waals surface area contributed by atoms with E-state index in [0.29, 0.717) is 56.9 Å². The summed E-state index contributed by atoms with van der Waals surface area (Å²) in [7, 11) is 1.50. The van der Waals surface area contributed by atoms with Crippen LogP contribution >= 0.6 is 0 Å². The molecule has 5 N–H and O–H groups in total. The van der Waals surface area contributed by atoms with Crippen LogP contribution in [0.5, 0.6) is 0 Å². The van der Waals surface area contributed by atoms with Gasteiger partial charge in [0.2, 0.25) is 11.6 Å². The Morgan fingerprint density at radius 2 is 1.63 bits per heavy atom. The zero-order valence-corrected chi connectivity index (χ0v) is 36.2. The van der Waals surface area contributed by atoms with E-state index >= 15 is 0 Å². The Morgan fingerprint density at radius 3 is 2.24 bits per heavy atom. The first-order chi connectivity index (χ1) is 28.0. The molecule has 59 heavy (non-hydrogen) atoms. The van der Waals surface area contributed by atoms with E-state index < -0.39 is 83.4 Å². The minimum Gasteiger partial charge on any atom is -0.457 e. The Morgan fingerprint density at radius 1 is 0.983 bits per heavy atom. The molecule has 0 aromatic heterocycles. The van der Waals surface area contributed by atoms with Gasteiger partial charge in [0, 0.05) is 62.8 Å². The molecule has 0 radical (unpaired) electrons. The number of ketones is 3. The SMILES string of the molecule is C#CC.C=CCC1/C=C(\C)C[C@H](C)C[C@H](OC)[C@H]2O[C@](O)(CC[C@@H]2CO)C(=O)C(=O)C2CCCCC2C(=O)O[C@H](/C(C)=C/[C@@H]2CC[C@@H](O)[C@H](CO)C2)[C@H](C)[C@@H](O)CC1=O. The summed E-state index contributed by atoms with van der Waals surface area (Å²) >= 11 is 0. The van der Waals surface area contributed by atoms with Gasteiger partial charge in [-0.25, -0.2) is 0 Å². The third-order valence-electron chi connectivity index (χ3n) is 13.1. The zero-order chi connectivity index (χ0) is 44.0. The number of cyclic esters (lactones) is 1. The van der Waals surface area contributed by atoms with Crippen LogP contribution in [0.15, 0.2) is 36.0 Å². The molecule has 14 atom stereocenters. The molecule has 4 rings (SSSR count). The van der Waals surface area contributed by atoms with E-state index in [1.165, 1.54) is 7.11 Å². The van der Waals surface area contributed by atoms with Crippen molar-refractivity contribution in [3.8, 4) is 12.3 Å².